The molecule has 2 rings (SSSR count). The average molecular weight is 331 g/mol. The number of carbonyl (C=O) groups is 1. The van der Waals surface area contributed by atoms with Crippen LogP contribution in [0.3, 0.4) is 0 Å². The summed E-state index contributed by atoms with van der Waals surface area (Å²) in [4.78, 5) is 26.2. The first-order valence-corrected chi connectivity index (χ1v) is 8.31. The number of hydrogen-bond donors (Lipinski definition) is 1. The van der Waals surface area contributed by atoms with Crippen LogP contribution < -0.4 is 10.9 Å². The van der Waals surface area contributed by atoms with Crippen LogP contribution in [0.15, 0.2) is 45.7 Å². The van der Waals surface area contributed by atoms with Crippen LogP contribution in [0.2, 0.25) is 0 Å². The van der Waals surface area contributed by atoms with Gasteiger partial charge in [-0.1, -0.05) is 19.9 Å². The van der Waals surface area contributed by atoms with Gasteiger partial charge in [0.2, 0.25) is 0 Å². The monoisotopic (exact) mass is 331 g/mol. The first-order chi connectivity index (χ1) is 11.5. The predicted octanol–water partition coefficient (Wildman–Crippen LogP) is 1.95. The molecule has 0 aliphatic rings. The largest absolute Gasteiger partial charge is 0.454 e. The second kappa shape index (κ2) is 8.49. The molecule has 6 heteroatoms. The fourth-order valence-corrected chi connectivity index (χ4v) is 2.65. The minimum absolute atomic E-state index is 0.104. The van der Waals surface area contributed by atoms with E-state index in [0.717, 1.165) is 13.1 Å². The second-order valence-electron chi connectivity index (χ2n) is 5.71. The zero-order chi connectivity index (χ0) is 17.5. The molecule has 2 heterocycles. The van der Waals surface area contributed by atoms with Crippen LogP contribution in [0, 0.1) is 0 Å². The van der Waals surface area contributed by atoms with Crippen molar-refractivity contribution in [1.29, 1.82) is 0 Å². The SMILES string of the molecule is CCN(CC)[C@H](C)CNC(=O)c1ccc(Cn2ccccc2=O)o1. The molecule has 0 aliphatic carbocycles. The van der Waals surface area contributed by atoms with Crippen molar-refractivity contribution >= 4 is 5.91 Å². The van der Waals surface area contributed by atoms with Crippen molar-refractivity contribution < 1.29 is 9.21 Å². The van der Waals surface area contributed by atoms with Crippen molar-refractivity contribution in [2.75, 3.05) is 19.6 Å². The van der Waals surface area contributed by atoms with E-state index in [1.165, 1.54) is 10.6 Å². The average Bonchev–Trinajstić information content (AvgIpc) is 3.04. The number of hydrogen-bond acceptors (Lipinski definition) is 4. The maximum Gasteiger partial charge on any atom is 0.287 e. The van der Waals surface area contributed by atoms with Crippen molar-refractivity contribution in [2.45, 2.75) is 33.4 Å². The highest BCUT2D eigenvalue weighted by atomic mass is 16.4. The number of likely N-dealkylation sites (N-methyl/N-ethyl adjacent to an activating group) is 1. The Kier molecular flexibility index (Phi) is 6.37. The van der Waals surface area contributed by atoms with E-state index in [-0.39, 0.29) is 23.3 Å². The van der Waals surface area contributed by atoms with Gasteiger partial charge in [0.15, 0.2) is 5.76 Å². The van der Waals surface area contributed by atoms with Gasteiger partial charge >= 0.3 is 0 Å². The van der Waals surface area contributed by atoms with Crippen molar-refractivity contribution in [3.8, 4) is 0 Å². The lowest BCUT2D eigenvalue weighted by Gasteiger charge is -2.26. The smallest absolute Gasteiger partial charge is 0.287 e. The lowest BCUT2D eigenvalue weighted by molar-refractivity contribution is 0.0908. The summed E-state index contributed by atoms with van der Waals surface area (Å²) in [6.45, 7) is 9.06. The summed E-state index contributed by atoms with van der Waals surface area (Å²) in [5, 5.41) is 2.89. The van der Waals surface area contributed by atoms with Gasteiger partial charge in [-0.05, 0) is 38.2 Å². The van der Waals surface area contributed by atoms with Gasteiger partial charge in [-0.2, -0.15) is 0 Å². The Balaban J connectivity index is 1.94. The van der Waals surface area contributed by atoms with Gasteiger partial charge in [-0.15, -0.1) is 0 Å². The molecule has 24 heavy (non-hydrogen) atoms. The first kappa shape index (κ1) is 18.0. The van der Waals surface area contributed by atoms with Gasteiger partial charge in [-0.25, -0.2) is 0 Å². The highest BCUT2D eigenvalue weighted by Gasteiger charge is 2.15. The van der Waals surface area contributed by atoms with Crippen LogP contribution >= 0.6 is 0 Å². The number of carbonyl (C=O) groups excluding carboxylic acids is 1. The number of nitrogens with one attached hydrogen (secondary N) is 1. The molecule has 1 N–H and O–H groups in total. The number of aromatic nitrogens is 1. The molecule has 0 saturated carbocycles. The number of nitrogens with zero attached hydrogens (tertiary/aromatic N) is 2. The van der Waals surface area contributed by atoms with E-state index < -0.39 is 0 Å². The lowest BCUT2D eigenvalue weighted by Crippen LogP contribution is -2.41. The zero-order valence-electron chi connectivity index (χ0n) is 14.5. The van der Waals surface area contributed by atoms with Crippen LogP contribution in [-0.2, 0) is 6.54 Å². The normalized spacial score (nSPS) is 12.3. The van der Waals surface area contributed by atoms with Crippen molar-refractivity contribution in [2.24, 2.45) is 0 Å². The van der Waals surface area contributed by atoms with E-state index in [9.17, 15) is 9.59 Å². The van der Waals surface area contributed by atoms with Gasteiger partial charge in [0, 0.05) is 24.8 Å². The Morgan fingerprint density at radius 2 is 2.00 bits per heavy atom. The third-order valence-corrected chi connectivity index (χ3v) is 4.10. The van der Waals surface area contributed by atoms with E-state index in [1.807, 2.05) is 0 Å². The lowest BCUT2D eigenvalue weighted by atomic mass is 10.2. The highest BCUT2D eigenvalue weighted by molar-refractivity contribution is 5.91. The maximum absolute atomic E-state index is 12.2. The molecule has 1 atom stereocenters. The van der Waals surface area contributed by atoms with Gasteiger partial charge in [0.1, 0.15) is 5.76 Å². The molecule has 0 fully saturated rings. The van der Waals surface area contributed by atoms with Gasteiger partial charge in [0.05, 0.1) is 6.54 Å². The van der Waals surface area contributed by atoms with Crippen LogP contribution in [0.1, 0.15) is 37.1 Å². The molecule has 6 nitrogen and oxygen atoms in total. The standard InChI is InChI=1S/C18H25N3O3/c1-4-20(5-2)14(3)12-19-18(23)16-10-9-15(24-16)13-21-11-7-6-8-17(21)22/h6-11,14H,4-5,12-13H2,1-3H3,(H,19,23)/t14-/m1/s1. The summed E-state index contributed by atoms with van der Waals surface area (Å²) in [7, 11) is 0. The molecule has 0 spiro atoms. The molecule has 0 aromatic carbocycles. The number of furan rings is 1. The molecule has 0 saturated heterocycles. The molecular weight excluding hydrogens is 306 g/mol. The fourth-order valence-electron chi connectivity index (χ4n) is 2.65. The van der Waals surface area contributed by atoms with Crippen LogP contribution in [-0.4, -0.2) is 41.1 Å². The third-order valence-electron chi connectivity index (χ3n) is 4.10. The Bertz CT molecular complexity index is 716. The molecule has 0 bridgehead atoms. The Labute approximate surface area is 142 Å². The maximum atomic E-state index is 12.2. The van der Waals surface area contributed by atoms with E-state index >= 15 is 0 Å². The van der Waals surface area contributed by atoms with E-state index in [0.29, 0.717) is 18.8 Å². The Morgan fingerprint density at radius 1 is 1.25 bits per heavy atom. The molecule has 0 radical (unpaired) electrons. The minimum atomic E-state index is -0.235. The summed E-state index contributed by atoms with van der Waals surface area (Å²) in [5.74, 6) is 0.603. The molecule has 130 valence electrons. The topological polar surface area (TPSA) is 67.5 Å². The Morgan fingerprint density at radius 3 is 2.67 bits per heavy atom. The quantitative estimate of drug-likeness (QED) is 0.803. The summed E-state index contributed by atoms with van der Waals surface area (Å²) < 4.78 is 7.10. The fraction of sp³-hybridized carbons (Fsp3) is 0.444. The van der Waals surface area contributed by atoms with Gasteiger partial charge in [-0.3, -0.25) is 14.5 Å². The van der Waals surface area contributed by atoms with E-state index in [1.54, 1.807) is 30.5 Å². The van der Waals surface area contributed by atoms with Gasteiger partial charge < -0.3 is 14.3 Å². The zero-order valence-corrected chi connectivity index (χ0v) is 14.5. The predicted molar refractivity (Wildman–Crippen MR) is 93.2 cm³/mol. The summed E-state index contributed by atoms with van der Waals surface area (Å²) >= 11 is 0. The highest BCUT2D eigenvalue weighted by Crippen LogP contribution is 2.09. The minimum Gasteiger partial charge on any atom is -0.454 e. The van der Waals surface area contributed by atoms with E-state index in [4.69, 9.17) is 4.42 Å². The summed E-state index contributed by atoms with van der Waals surface area (Å²) in [6, 6.07) is 8.60. The van der Waals surface area contributed by atoms with Crippen molar-refractivity contribution in [1.82, 2.24) is 14.8 Å². The Hall–Kier alpha value is -2.34. The van der Waals surface area contributed by atoms with Crippen molar-refractivity contribution in [3.63, 3.8) is 0 Å². The molecule has 2 aromatic rings. The molecule has 0 aliphatic heterocycles. The summed E-state index contributed by atoms with van der Waals surface area (Å²) in [5.41, 5.74) is -0.104. The number of pyridine rings is 1. The molecule has 0 unspecified atom stereocenters. The molecule has 2 aromatic heterocycles. The van der Waals surface area contributed by atoms with E-state index in [2.05, 4.69) is 31.0 Å². The van der Waals surface area contributed by atoms with Crippen LogP contribution in [0.25, 0.3) is 0 Å². The van der Waals surface area contributed by atoms with Crippen LogP contribution in [0.5, 0.6) is 0 Å². The van der Waals surface area contributed by atoms with Crippen LogP contribution in [0.4, 0.5) is 0 Å². The number of amides is 1. The summed E-state index contributed by atoms with van der Waals surface area (Å²) in [6.07, 6.45) is 1.69. The second-order valence-corrected chi connectivity index (χ2v) is 5.71. The molecular formula is C18H25N3O3. The number of rotatable bonds is 8. The van der Waals surface area contributed by atoms with Gasteiger partial charge in [0.25, 0.3) is 11.5 Å². The third kappa shape index (κ3) is 4.58. The first-order valence-electron chi connectivity index (χ1n) is 8.31. The molecule has 1 amide bonds. The van der Waals surface area contributed by atoms with Crippen molar-refractivity contribution in [3.05, 3.63) is 58.4 Å².